The van der Waals surface area contributed by atoms with Gasteiger partial charge in [-0.15, -0.1) is 0 Å². The van der Waals surface area contributed by atoms with Crippen molar-refractivity contribution < 1.29 is 4.74 Å². The van der Waals surface area contributed by atoms with E-state index < -0.39 is 0 Å². The third-order valence-electron chi connectivity index (χ3n) is 4.96. The van der Waals surface area contributed by atoms with Gasteiger partial charge < -0.3 is 15.0 Å². The second-order valence-electron chi connectivity index (χ2n) is 7.13. The monoisotopic (exact) mass is 402 g/mol. The largest absolute Gasteiger partial charge is 0.497 e. The topological polar surface area (TPSA) is 68.1 Å². The second kappa shape index (κ2) is 8.82. The zero-order valence-corrected chi connectivity index (χ0v) is 17.5. The van der Waals surface area contributed by atoms with Crippen LogP contribution in [-0.2, 0) is 0 Å². The molecule has 0 fully saturated rings. The van der Waals surface area contributed by atoms with E-state index in [0.717, 1.165) is 53.4 Å². The number of nitrogens with one attached hydrogen (secondary N) is 1. The molecule has 4 aromatic rings. The number of rotatable bonds is 8. The van der Waals surface area contributed by atoms with Crippen LogP contribution in [0.25, 0.3) is 16.7 Å². The summed E-state index contributed by atoms with van der Waals surface area (Å²) in [6.07, 6.45) is 4.01. The second-order valence-corrected chi connectivity index (χ2v) is 7.13. The molecule has 0 radical (unpaired) electrons. The number of fused-ring (bicyclic) bond motifs is 1. The van der Waals surface area contributed by atoms with Crippen molar-refractivity contribution in [2.45, 2.75) is 19.8 Å². The first-order valence-corrected chi connectivity index (χ1v) is 10.1. The lowest BCUT2D eigenvalue weighted by molar-refractivity contribution is 0.415. The minimum absolute atomic E-state index is 0.671. The minimum Gasteiger partial charge on any atom is -0.497 e. The molecule has 0 unspecified atom stereocenters. The number of ether oxygens (including phenoxy) is 1. The number of aromatic nitrogens is 4. The van der Waals surface area contributed by atoms with Crippen molar-refractivity contribution in [3.63, 3.8) is 0 Å². The van der Waals surface area contributed by atoms with Gasteiger partial charge in [-0.05, 0) is 42.8 Å². The van der Waals surface area contributed by atoms with Gasteiger partial charge in [0.2, 0.25) is 5.95 Å². The van der Waals surface area contributed by atoms with Crippen molar-refractivity contribution in [1.29, 1.82) is 0 Å². The SMILES string of the molecule is CCCCN(C)c1nc(Nc2ccc(OC)cc2)c2cnn(-c3ccccc3)c2n1. The molecule has 0 aliphatic heterocycles. The molecular weight excluding hydrogens is 376 g/mol. The number of hydrogen-bond donors (Lipinski definition) is 1. The highest BCUT2D eigenvalue weighted by molar-refractivity contribution is 5.90. The fraction of sp³-hybridized carbons (Fsp3) is 0.261. The van der Waals surface area contributed by atoms with Gasteiger partial charge in [0.05, 0.1) is 24.4 Å². The smallest absolute Gasteiger partial charge is 0.229 e. The zero-order chi connectivity index (χ0) is 20.9. The van der Waals surface area contributed by atoms with Crippen molar-refractivity contribution in [2.75, 3.05) is 30.9 Å². The van der Waals surface area contributed by atoms with Gasteiger partial charge in [0.15, 0.2) is 5.65 Å². The number of methoxy groups -OCH3 is 1. The van der Waals surface area contributed by atoms with Crippen LogP contribution in [0.2, 0.25) is 0 Å². The molecule has 2 aromatic carbocycles. The van der Waals surface area contributed by atoms with Gasteiger partial charge in [-0.3, -0.25) is 0 Å². The number of anilines is 3. The van der Waals surface area contributed by atoms with E-state index in [1.54, 1.807) is 7.11 Å². The van der Waals surface area contributed by atoms with Crippen molar-refractivity contribution in [3.8, 4) is 11.4 Å². The van der Waals surface area contributed by atoms with Crippen LogP contribution in [-0.4, -0.2) is 40.5 Å². The van der Waals surface area contributed by atoms with Gasteiger partial charge in [0.25, 0.3) is 0 Å². The predicted molar refractivity (Wildman–Crippen MR) is 121 cm³/mol. The first kappa shape index (κ1) is 19.7. The lowest BCUT2D eigenvalue weighted by atomic mass is 10.3. The lowest BCUT2D eigenvalue weighted by Gasteiger charge is -2.18. The van der Waals surface area contributed by atoms with E-state index in [-0.39, 0.29) is 0 Å². The summed E-state index contributed by atoms with van der Waals surface area (Å²) in [5, 5.41) is 8.88. The standard InChI is InChI=1S/C23H26N6O/c1-4-5-15-28(2)23-26-21(25-17-11-13-19(30-3)14-12-17)20-16-24-29(22(20)27-23)18-9-7-6-8-10-18/h6-14,16H,4-5,15H2,1-3H3,(H,25,26,27). The molecule has 0 amide bonds. The number of hydrogen-bond acceptors (Lipinski definition) is 6. The quantitative estimate of drug-likeness (QED) is 0.456. The zero-order valence-electron chi connectivity index (χ0n) is 17.5. The number of nitrogens with zero attached hydrogens (tertiary/aromatic N) is 5. The van der Waals surface area contributed by atoms with Crippen molar-refractivity contribution in [1.82, 2.24) is 19.7 Å². The van der Waals surface area contributed by atoms with Gasteiger partial charge in [-0.25, -0.2) is 4.68 Å². The van der Waals surface area contributed by atoms with Crippen molar-refractivity contribution in [2.24, 2.45) is 0 Å². The first-order chi connectivity index (χ1) is 14.7. The van der Waals surface area contributed by atoms with Crippen molar-refractivity contribution >= 4 is 28.5 Å². The molecule has 0 saturated heterocycles. The number of unbranched alkanes of at least 4 members (excludes halogenated alkanes) is 1. The Bertz CT molecular complexity index is 1110. The maximum absolute atomic E-state index is 5.26. The van der Waals surface area contributed by atoms with E-state index >= 15 is 0 Å². The fourth-order valence-electron chi connectivity index (χ4n) is 3.23. The third-order valence-corrected chi connectivity index (χ3v) is 4.96. The molecule has 7 nitrogen and oxygen atoms in total. The molecular formula is C23H26N6O. The average Bonchev–Trinajstić information content (AvgIpc) is 3.23. The van der Waals surface area contributed by atoms with Gasteiger partial charge in [-0.2, -0.15) is 15.1 Å². The summed E-state index contributed by atoms with van der Waals surface area (Å²) in [6, 6.07) is 17.8. The Balaban J connectivity index is 1.79. The van der Waals surface area contributed by atoms with E-state index in [2.05, 4.69) is 22.2 Å². The van der Waals surface area contributed by atoms with E-state index in [1.807, 2.05) is 72.5 Å². The van der Waals surface area contributed by atoms with Gasteiger partial charge in [-0.1, -0.05) is 31.5 Å². The Kier molecular flexibility index (Phi) is 5.79. The van der Waals surface area contributed by atoms with E-state index in [4.69, 9.17) is 14.7 Å². The van der Waals surface area contributed by atoms with Crippen LogP contribution >= 0.6 is 0 Å². The fourth-order valence-corrected chi connectivity index (χ4v) is 3.23. The maximum Gasteiger partial charge on any atom is 0.229 e. The van der Waals surface area contributed by atoms with E-state index in [1.165, 1.54) is 0 Å². The highest BCUT2D eigenvalue weighted by atomic mass is 16.5. The molecule has 4 rings (SSSR count). The van der Waals surface area contributed by atoms with Crippen LogP contribution in [0, 0.1) is 0 Å². The molecule has 0 saturated carbocycles. The Morgan fingerprint density at radius 1 is 1.03 bits per heavy atom. The molecule has 2 aromatic heterocycles. The van der Waals surface area contributed by atoms with Crippen LogP contribution in [0.15, 0.2) is 60.8 Å². The van der Waals surface area contributed by atoms with Gasteiger partial charge in [0, 0.05) is 19.3 Å². The molecule has 1 N–H and O–H groups in total. The lowest BCUT2D eigenvalue weighted by Crippen LogP contribution is -2.21. The number of para-hydroxylation sites is 1. The van der Waals surface area contributed by atoms with Crippen molar-refractivity contribution in [3.05, 3.63) is 60.8 Å². The van der Waals surface area contributed by atoms with E-state index in [0.29, 0.717) is 5.95 Å². The maximum atomic E-state index is 5.26. The van der Waals surface area contributed by atoms with Crippen LogP contribution in [0.1, 0.15) is 19.8 Å². The molecule has 7 heteroatoms. The normalized spacial score (nSPS) is 10.9. The highest BCUT2D eigenvalue weighted by Gasteiger charge is 2.16. The molecule has 2 heterocycles. The molecule has 0 aliphatic rings. The van der Waals surface area contributed by atoms with E-state index in [9.17, 15) is 0 Å². The average molecular weight is 403 g/mol. The molecule has 0 spiro atoms. The summed E-state index contributed by atoms with van der Waals surface area (Å²) in [4.78, 5) is 11.8. The van der Waals surface area contributed by atoms with Crippen LogP contribution in [0.3, 0.4) is 0 Å². The summed E-state index contributed by atoms with van der Waals surface area (Å²) in [5.41, 5.74) is 2.65. The Hall–Kier alpha value is -3.61. The van der Waals surface area contributed by atoms with Crippen LogP contribution in [0.4, 0.5) is 17.5 Å². The van der Waals surface area contributed by atoms with Crippen LogP contribution in [0.5, 0.6) is 5.75 Å². The first-order valence-electron chi connectivity index (χ1n) is 10.1. The molecule has 30 heavy (non-hydrogen) atoms. The molecule has 0 atom stereocenters. The summed E-state index contributed by atoms with van der Waals surface area (Å²) >= 11 is 0. The number of benzene rings is 2. The van der Waals surface area contributed by atoms with Gasteiger partial charge in [0.1, 0.15) is 11.6 Å². The third kappa shape index (κ3) is 4.05. The predicted octanol–water partition coefficient (Wildman–Crippen LogP) is 4.80. The minimum atomic E-state index is 0.671. The Labute approximate surface area is 176 Å². The molecule has 154 valence electrons. The Morgan fingerprint density at radius 2 is 1.80 bits per heavy atom. The summed E-state index contributed by atoms with van der Waals surface area (Å²) in [6.45, 7) is 3.07. The highest BCUT2D eigenvalue weighted by Crippen LogP contribution is 2.28. The van der Waals surface area contributed by atoms with Crippen LogP contribution < -0.4 is 15.0 Å². The molecule has 0 bridgehead atoms. The summed E-state index contributed by atoms with van der Waals surface area (Å²) < 4.78 is 7.11. The summed E-state index contributed by atoms with van der Waals surface area (Å²) in [5.74, 6) is 2.21. The van der Waals surface area contributed by atoms with Gasteiger partial charge >= 0.3 is 0 Å². The molecule has 0 aliphatic carbocycles. The summed E-state index contributed by atoms with van der Waals surface area (Å²) in [7, 11) is 3.68. The Morgan fingerprint density at radius 3 is 2.50 bits per heavy atom.